The first-order chi connectivity index (χ1) is 14.1. The number of hydrogen-bond donors (Lipinski definition) is 0. The molecule has 0 radical (unpaired) electrons. The van der Waals surface area contributed by atoms with Crippen LogP contribution < -0.4 is 4.90 Å². The maximum absolute atomic E-state index is 12.6. The molecular weight excluding hydrogens is 390 g/mol. The number of nitrogens with zero attached hydrogens (tertiary/aromatic N) is 3. The second-order valence-electron chi connectivity index (χ2n) is 6.59. The van der Waals surface area contributed by atoms with E-state index in [9.17, 15) is 9.59 Å². The van der Waals surface area contributed by atoms with E-state index in [1.807, 2.05) is 42.5 Å². The summed E-state index contributed by atoms with van der Waals surface area (Å²) in [5.74, 6) is -0.851. The van der Waals surface area contributed by atoms with Gasteiger partial charge in [-0.1, -0.05) is 30.3 Å². The summed E-state index contributed by atoms with van der Waals surface area (Å²) < 4.78 is 10.7. The van der Waals surface area contributed by atoms with Crippen molar-refractivity contribution in [3.63, 3.8) is 0 Å². The van der Waals surface area contributed by atoms with Crippen molar-refractivity contribution in [1.29, 1.82) is 5.26 Å². The van der Waals surface area contributed by atoms with E-state index in [-0.39, 0.29) is 18.9 Å². The van der Waals surface area contributed by atoms with E-state index in [0.29, 0.717) is 24.6 Å². The molecule has 0 saturated carbocycles. The Bertz CT molecular complexity index is 885. The van der Waals surface area contributed by atoms with Gasteiger partial charge in [-0.2, -0.15) is 5.26 Å². The Labute approximate surface area is 174 Å². The Morgan fingerprint density at radius 2 is 2.00 bits per heavy atom. The molecule has 1 aromatic heterocycles. The molecule has 2 aromatic rings. The number of esters is 1. The van der Waals surface area contributed by atoms with Gasteiger partial charge in [-0.3, -0.25) is 4.79 Å². The SMILES string of the molecule is CN(CCC#N)C(=O)COC(=O)c1cc(-c2ccccc2)c(N2CCOCC2)s1. The summed E-state index contributed by atoms with van der Waals surface area (Å²) >= 11 is 1.37. The average Bonchev–Trinajstić information content (AvgIpc) is 3.22. The molecule has 1 saturated heterocycles. The highest BCUT2D eigenvalue weighted by Crippen LogP contribution is 2.39. The maximum atomic E-state index is 12.6. The molecule has 1 aromatic carbocycles. The van der Waals surface area contributed by atoms with E-state index in [0.717, 1.165) is 29.2 Å². The van der Waals surface area contributed by atoms with E-state index < -0.39 is 5.97 Å². The van der Waals surface area contributed by atoms with Gasteiger partial charge in [0.05, 0.1) is 30.7 Å². The third kappa shape index (κ3) is 5.34. The lowest BCUT2D eigenvalue weighted by Gasteiger charge is -2.28. The Morgan fingerprint density at radius 1 is 1.28 bits per heavy atom. The summed E-state index contributed by atoms with van der Waals surface area (Å²) in [5.41, 5.74) is 2.00. The fourth-order valence-electron chi connectivity index (χ4n) is 2.96. The van der Waals surface area contributed by atoms with Crippen molar-refractivity contribution < 1.29 is 19.1 Å². The number of thiophene rings is 1. The normalized spacial score (nSPS) is 13.6. The molecule has 7 nitrogen and oxygen atoms in total. The van der Waals surface area contributed by atoms with Crippen molar-refractivity contribution in [2.24, 2.45) is 0 Å². The average molecular weight is 413 g/mol. The quantitative estimate of drug-likeness (QED) is 0.649. The molecule has 0 bridgehead atoms. The van der Waals surface area contributed by atoms with Gasteiger partial charge in [-0.25, -0.2) is 4.79 Å². The van der Waals surface area contributed by atoms with E-state index in [2.05, 4.69) is 4.90 Å². The summed E-state index contributed by atoms with van der Waals surface area (Å²) in [6.07, 6.45) is 0.241. The number of amides is 1. The number of rotatable bonds is 7. The van der Waals surface area contributed by atoms with Crippen molar-refractivity contribution in [1.82, 2.24) is 4.90 Å². The summed E-state index contributed by atoms with van der Waals surface area (Å²) in [4.78, 5) is 28.7. The number of carbonyl (C=O) groups is 2. The van der Waals surface area contributed by atoms with Crippen LogP contribution in [0.5, 0.6) is 0 Å². The molecule has 152 valence electrons. The zero-order valence-electron chi connectivity index (χ0n) is 16.3. The van der Waals surface area contributed by atoms with Gasteiger partial charge >= 0.3 is 5.97 Å². The number of morpholine rings is 1. The van der Waals surface area contributed by atoms with Crippen molar-refractivity contribution >= 4 is 28.2 Å². The molecule has 0 aliphatic carbocycles. The molecule has 1 aliphatic heterocycles. The first kappa shape index (κ1) is 20.8. The van der Waals surface area contributed by atoms with Crippen LogP contribution in [0, 0.1) is 11.3 Å². The second kappa shape index (κ2) is 10.0. The third-order valence-corrected chi connectivity index (χ3v) is 5.78. The highest BCUT2D eigenvalue weighted by atomic mass is 32.1. The minimum absolute atomic E-state index is 0.241. The maximum Gasteiger partial charge on any atom is 0.348 e. The van der Waals surface area contributed by atoms with Crippen molar-refractivity contribution in [2.75, 3.05) is 51.4 Å². The number of likely N-dealkylation sites (N-methyl/N-ethyl adjacent to an activating group) is 1. The molecule has 29 heavy (non-hydrogen) atoms. The van der Waals surface area contributed by atoms with Gasteiger partial charge in [0.2, 0.25) is 0 Å². The van der Waals surface area contributed by atoms with Gasteiger partial charge in [0.1, 0.15) is 4.88 Å². The van der Waals surface area contributed by atoms with E-state index in [1.165, 1.54) is 16.2 Å². The first-order valence-electron chi connectivity index (χ1n) is 9.40. The van der Waals surface area contributed by atoms with Gasteiger partial charge in [0, 0.05) is 32.2 Å². The Hall–Kier alpha value is -2.89. The first-order valence-corrected chi connectivity index (χ1v) is 10.2. The number of anilines is 1. The fourth-order valence-corrected chi connectivity index (χ4v) is 4.08. The largest absolute Gasteiger partial charge is 0.451 e. The fraction of sp³-hybridized carbons (Fsp3) is 0.381. The highest BCUT2D eigenvalue weighted by molar-refractivity contribution is 7.18. The summed E-state index contributed by atoms with van der Waals surface area (Å²) in [6.45, 7) is 2.79. The molecule has 1 amide bonds. The molecule has 1 aliphatic rings. The van der Waals surface area contributed by atoms with Crippen LogP contribution in [0.2, 0.25) is 0 Å². The van der Waals surface area contributed by atoms with Crippen LogP contribution in [-0.4, -0.2) is 63.3 Å². The van der Waals surface area contributed by atoms with Crippen LogP contribution in [0.3, 0.4) is 0 Å². The van der Waals surface area contributed by atoms with E-state index in [4.69, 9.17) is 14.7 Å². The zero-order chi connectivity index (χ0) is 20.6. The third-order valence-electron chi connectivity index (χ3n) is 4.61. The standard InChI is InChI=1S/C21H23N3O4S/c1-23(9-5-8-22)19(25)15-28-21(26)18-14-17(16-6-3-2-4-7-16)20(29-18)24-10-12-27-13-11-24/h2-4,6-7,14H,5,9-13,15H2,1H3. The van der Waals surface area contributed by atoms with Crippen molar-refractivity contribution in [2.45, 2.75) is 6.42 Å². The number of ether oxygens (including phenoxy) is 2. The van der Waals surface area contributed by atoms with Gasteiger partial charge < -0.3 is 19.3 Å². The summed E-state index contributed by atoms with van der Waals surface area (Å²) in [6, 6.07) is 13.7. The van der Waals surface area contributed by atoms with Crippen molar-refractivity contribution in [3.8, 4) is 17.2 Å². The predicted octanol–water partition coefficient (Wildman–Crippen LogP) is 2.78. The van der Waals surface area contributed by atoms with Crippen LogP contribution in [0.1, 0.15) is 16.1 Å². The lowest BCUT2D eigenvalue weighted by molar-refractivity contribution is -0.133. The van der Waals surface area contributed by atoms with E-state index in [1.54, 1.807) is 7.05 Å². The molecule has 0 unspecified atom stereocenters. The molecule has 2 heterocycles. The molecule has 0 N–H and O–H groups in total. The Balaban J connectivity index is 1.75. The smallest absolute Gasteiger partial charge is 0.348 e. The Kier molecular flexibility index (Phi) is 7.22. The minimum Gasteiger partial charge on any atom is -0.451 e. The van der Waals surface area contributed by atoms with Crippen LogP contribution >= 0.6 is 11.3 Å². The summed E-state index contributed by atoms with van der Waals surface area (Å²) in [7, 11) is 1.59. The molecule has 0 atom stereocenters. The molecule has 1 fully saturated rings. The predicted molar refractivity (Wildman–Crippen MR) is 111 cm³/mol. The van der Waals surface area contributed by atoms with Crippen LogP contribution in [0.4, 0.5) is 5.00 Å². The van der Waals surface area contributed by atoms with Crippen molar-refractivity contribution in [3.05, 3.63) is 41.3 Å². The lowest BCUT2D eigenvalue weighted by atomic mass is 10.1. The molecule has 8 heteroatoms. The second-order valence-corrected chi connectivity index (χ2v) is 7.63. The van der Waals surface area contributed by atoms with Gasteiger partial charge in [-0.05, 0) is 11.6 Å². The highest BCUT2D eigenvalue weighted by Gasteiger charge is 2.23. The van der Waals surface area contributed by atoms with Gasteiger partial charge in [0.15, 0.2) is 6.61 Å². The van der Waals surface area contributed by atoms with Crippen LogP contribution in [-0.2, 0) is 14.3 Å². The minimum atomic E-state index is -0.520. The monoisotopic (exact) mass is 413 g/mol. The number of carbonyl (C=O) groups excluding carboxylic acids is 2. The number of hydrogen-bond acceptors (Lipinski definition) is 7. The zero-order valence-corrected chi connectivity index (χ0v) is 17.1. The number of benzene rings is 1. The van der Waals surface area contributed by atoms with Gasteiger partial charge in [-0.15, -0.1) is 11.3 Å². The van der Waals surface area contributed by atoms with E-state index >= 15 is 0 Å². The van der Waals surface area contributed by atoms with Gasteiger partial charge in [0.25, 0.3) is 5.91 Å². The lowest BCUT2D eigenvalue weighted by Crippen LogP contribution is -2.35. The summed E-state index contributed by atoms with van der Waals surface area (Å²) in [5, 5.41) is 9.61. The molecular formula is C21H23N3O4S. The van der Waals surface area contributed by atoms with Crippen LogP contribution in [0.25, 0.3) is 11.1 Å². The molecule has 3 rings (SSSR count). The van der Waals surface area contributed by atoms with Crippen LogP contribution in [0.15, 0.2) is 36.4 Å². The number of nitriles is 1. The topological polar surface area (TPSA) is 82.9 Å². The Morgan fingerprint density at radius 3 is 2.69 bits per heavy atom. The molecule has 0 spiro atoms.